The average molecular weight is 269 g/mol. The van der Waals surface area contributed by atoms with Gasteiger partial charge in [0.25, 0.3) is 5.91 Å². The number of aliphatic imine (C=N–C) groups is 1. The molecule has 1 unspecified atom stereocenters. The molecule has 1 aromatic carbocycles. The summed E-state index contributed by atoms with van der Waals surface area (Å²) in [6.07, 6.45) is 0. The highest BCUT2D eigenvalue weighted by Gasteiger charge is 2.32. The molecule has 1 saturated heterocycles. The van der Waals surface area contributed by atoms with E-state index in [1.165, 1.54) is 6.07 Å². The Labute approximate surface area is 108 Å². The van der Waals surface area contributed by atoms with Crippen molar-refractivity contribution in [3.63, 3.8) is 0 Å². The number of hydrogen-bond acceptors (Lipinski definition) is 3. The van der Waals surface area contributed by atoms with Crippen LogP contribution in [0.2, 0.25) is 0 Å². The SMILES string of the molecule is CCN=C1NC(=O)C(c2ccccc2OC(F)F)N1. The van der Waals surface area contributed by atoms with Crippen LogP contribution in [0, 0.1) is 0 Å². The molecule has 102 valence electrons. The first kappa shape index (κ1) is 13.3. The molecule has 0 spiro atoms. The summed E-state index contributed by atoms with van der Waals surface area (Å²) in [7, 11) is 0. The number of ether oxygens (including phenoxy) is 1. The molecule has 0 bridgehead atoms. The van der Waals surface area contributed by atoms with Gasteiger partial charge in [0, 0.05) is 12.1 Å². The van der Waals surface area contributed by atoms with Crippen molar-refractivity contribution < 1.29 is 18.3 Å². The third-order valence-corrected chi connectivity index (χ3v) is 2.55. The van der Waals surface area contributed by atoms with Gasteiger partial charge in [-0.05, 0) is 13.0 Å². The van der Waals surface area contributed by atoms with Crippen molar-refractivity contribution in [2.24, 2.45) is 4.99 Å². The summed E-state index contributed by atoms with van der Waals surface area (Å²) in [6.45, 7) is -0.610. The Kier molecular flexibility index (Phi) is 3.94. The van der Waals surface area contributed by atoms with Crippen LogP contribution in [0.25, 0.3) is 0 Å². The molecule has 0 aliphatic carbocycles. The van der Waals surface area contributed by atoms with Crippen molar-refractivity contribution in [2.75, 3.05) is 6.54 Å². The Morgan fingerprint density at radius 3 is 2.84 bits per heavy atom. The van der Waals surface area contributed by atoms with Gasteiger partial charge in [-0.25, -0.2) is 0 Å². The molecule has 1 aliphatic rings. The highest BCUT2D eigenvalue weighted by Crippen LogP contribution is 2.28. The van der Waals surface area contributed by atoms with Crippen molar-refractivity contribution in [3.05, 3.63) is 29.8 Å². The van der Waals surface area contributed by atoms with Crippen molar-refractivity contribution >= 4 is 11.9 Å². The highest BCUT2D eigenvalue weighted by molar-refractivity contribution is 6.06. The lowest BCUT2D eigenvalue weighted by atomic mass is 10.1. The number of para-hydroxylation sites is 1. The minimum atomic E-state index is -2.94. The van der Waals surface area contributed by atoms with Crippen molar-refractivity contribution in [2.45, 2.75) is 19.6 Å². The van der Waals surface area contributed by atoms with Gasteiger partial charge < -0.3 is 10.1 Å². The second kappa shape index (κ2) is 5.64. The van der Waals surface area contributed by atoms with Gasteiger partial charge in [0.2, 0.25) is 0 Å². The Bertz CT molecular complexity index is 506. The molecule has 0 aromatic heterocycles. The number of rotatable bonds is 4. The summed E-state index contributed by atoms with van der Waals surface area (Å²) in [5.74, 6) is -0.0373. The fraction of sp³-hybridized carbons (Fsp3) is 0.333. The number of carbonyl (C=O) groups is 1. The Morgan fingerprint density at radius 2 is 2.16 bits per heavy atom. The normalized spacial score (nSPS) is 20.5. The van der Waals surface area contributed by atoms with Gasteiger partial charge in [-0.3, -0.25) is 15.1 Å². The van der Waals surface area contributed by atoms with Crippen LogP contribution in [0.4, 0.5) is 8.78 Å². The zero-order chi connectivity index (χ0) is 13.8. The quantitative estimate of drug-likeness (QED) is 0.869. The van der Waals surface area contributed by atoms with E-state index < -0.39 is 12.7 Å². The van der Waals surface area contributed by atoms with Crippen LogP contribution in [0.1, 0.15) is 18.5 Å². The van der Waals surface area contributed by atoms with Crippen molar-refractivity contribution in [3.8, 4) is 5.75 Å². The van der Waals surface area contributed by atoms with Crippen LogP contribution in [-0.2, 0) is 4.79 Å². The van der Waals surface area contributed by atoms with E-state index in [9.17, 15) is 13.6 Å². The second-order valence-corrected chi connectivity index (χ2v) is 3.81. The first-order chi connectivity index (χ1) is 9.11. The number of amides is 1. The largest absolute Gasteiger partial charge is 0.434 e. The van der Waals surface area contributed by atoms with Crippen LogP contribution in [0.3, 0.4) is 0 Å². The Hall–Kier alpha value is -2.18. The summed E-state index contributed by atoms with van der Waals surface area (Å²) in [5.41, 5.74) is 0.349. The number of alkyl halides is 2. The molecule has 1 atom stereocenters. The summed E-state index contributed by atoms with van der Waals surface area (Å²) in [5, 5.41) is 5.38. The maximum absolute atomic E-state index is 12.3. The monoisotopic (exact) mass is 269 g/mol. The highest BCUT2D eigenvalue weighted by atomic mass is 19.3. The van der Waals surface area contributed by atoms with Gasteiger partial charge in [-0.2, -0.15) is 8.78 Å². The van der Waals surface area contributed by atoms with E-state index in [2.05, 4.69) is 20.4 Å². The summed E-state index contributed by atoms with van der Waals surface area (Å²) >= 11 is 0. The first-order valence-corrected chi connectivity index (χ1v) is 5.77. The number of nitrogens with zero attached hydrogens (tertiary/aromatic N) is 1. The molecular formula is C12H13F2N3O2. The van der Waals surface area contributed by atoms with E-state index in [1.807, 2.05) is 6.92 Å². The van der Waals surface area contributed by atoms with E-state index in [-0.39, 0.29) is 11.7 Å². The number of guanidine groups is 1. The molecule has 1 aromatic rings. The maximum atomic E-state index is 12.3. The Balaban J connectivity index is 2.27. The maximum Gasteiger partial charge on any atom is 0.387 e. The fourth-order valence-corrected chi connectivity index (χ4v) is 1.81. The van der Waals surface area contributed by atoms with Gasteiger partial charge in [0.05, 0.1) is 0 Å². The smallest absolute Gasteiger partial charge is 0.387 e. The lowest BCUT2D eigenvalue weighted by Gasteiger charge is -2.14. The van der Waals surface area contributed by atoms with Crippen LogP contribution in [-0.4, -0.2) is 25.0 Å². The third kappa shape index (κ3) is 2.98. The molecule has 7 heteroatoms. The first-order valence-electron chi connectivity index (χ1n) is 5.77. The molecule has 1 aliphatic heterocycles. The van der Waals surface area contributed by atoms with Gasteiger partial charge in [0.15, 0.2) is 5.96 Å². The predicted octanol–water partition coefficient (Wildman–Crippen LogP) is 1.42. The molecule has 1 amide bonds. The molecule has 19 heavy (non-hydrogen) atoms. The molecule has 0 saturated carbocycles. The molecule has 0 radical (unpaired) electrons. The molecule has 1 heterocycles. The van der Waals surface area contributed by atoms with Crippen LogP contribution in [0.5, 0.6) is 5.75 Å². The van der Waals surface area contributed by atoms with E-state index in [0.717, 1.165) is 0 Å². The van der Waals surface area contributed by atoms with Crippen LogP contribution < -0.4 is 15.4 Å². The van der Waals surface area contributed by atoms with Gasteiger partial charge in [-0.1, -0.05) is 18.2 Å². The number of benzene rings is 1. The van der Waals surface area contributed by atoms with Crippen molar-refractivity contribution in [1.82, 2.24) is 10.6 Å². The topological polar surface area (TPSA) is 62.7 Å². The van der Waals surface area contributed by atoms with Gasteiger partial charge in [-0.15, -0.1) is 0 Å². The zero-order valence-corrected chi connectivity index (χ0v) is 10.2. The Morgan fingerprint density at radius 1 is 1.42 bits per heavy atom. The zero-order valence-electron chi connectivity index (χ0n) is 10.2. The van der Waals surface area contributed by atoms with Gasteiger partial charge >= 0.3 is 6.61 Å². The third-order valence-electron chi connectivity index (χ3n) is 2.55. The predicted molar refractivity (Wildman–Crippen MR) is 65.1 cm³/mol. The summed E-state index contributed by atoms with van der Waals surface area (Å²) < 4.78 is 29.0. The second-order valence-electron chi connectivity index (χ2n) is 3.81. The van der Waals surface area contributed by atoms with Crippen LogP contribution >= 0.6 is 0 Å². The van der Waals surface area contributed by atoms with E-state index in [4.69, 9.17) is 0 Å². The number of hydrogen-bond donors (Lipinski definition) is 2. The van der Waals surface area contributed by atoms with E-state index in [1.54, 1.807) is 18.2 Å². The average Bonchev–Trinajstić information content (AvgIpc) is 2.71. The molecule has 5 nitrogen and oxygen atoms in total. The number of nitrogens with one attached hydrogen (secondary N) is 2. The van der Waals surface area contributed by atoms with E-state index in [0.29, 0.717) is 18.1 Å². The molecular weight excluding hydrogens is 256 g/mol. The van der Waals surface area contributed by atoms with Crippen LogP contribution in [0.15, 0.2) is 29.3 Å². The summed E-state index contributed by atoms with van der Waals surface area (Å²) in [4.78, 5) is 15.8. The summed E-state index contributed by atoms with van der Waals surface area (Å²) in [6, 6.07) is 5.39. The van der Waals surface area contributed by atoms with Gasteiger partial charge in [0.1, 0.15) is 11.8 Å². The molecule has 2 rings (SSSR count). The minimum Gasteiger partial charge on any atom is -0.434 e. The standard InChI is InChI=1S/C12H13F2N3O2/c1-2-15-12-16-9(10(18)17-12)7-5-3-4-6-8(7)19-11(13)14/h3-6,9,11H,2H2,1H3,(H2,15,16,17,18). The molecule has 1 fully saturated rings. The lowest BCUT2D eigenvalue weighted by molar-refractivity contribution is -0.120. The molecule has 2 N–H and O–H groups in total. The lowest BCUT2D eigenvalue weighted by Crippen LogP contribution is -2.25. The minimum absolute atomic E-state index is 0.0251. The number of carbonyl (C=O) groups excluding carboxylic acids is 1. The number of halogens is 2. The van der Waals surface area contributed by atoms with E-state index >= 15 is 0 Å². The fourth-order valence-electron chi connectivity index (χ4n) is 1.81. The van der Waals surface area contributed by atoms with Crippen molar-refractivity contribution in [1.29, 1.82) is 0 Å².